The molecule has 0 spiro atoms. The molecular weight excluding hydrogens is 195 g/mol. The summed E-state index contributed by atoms with van der Waals surface area (Å²) in [5, 5.41) is 0. The van der Waals surface area contributed by atoms with E-state index >= 15 is 0 Å². The zero-order valence-corrected chi connectivity index (χ0v) is 9.09. The van der Waals surface area contributed by atoms with Gasteiger partial charge in [-0.2, -0.15) is 0 Å². The first-order valence-corrected chi connectivity index (χ1v) is 4.99. The lowest BCUT2D eigenvalue weighted by Crippen LogP contribution is -2.32. The smallest absolute Gasteiger partial charge is 0.123 e. The summed E-state index contributed by atoms with van der Waals surface area (Å²) in [6, 6.07) is 4.56. The van der Waals surface area contributed by atoms with Crippen molar-refractivity contribution >= 4 is 0 Å². The maximum atomic E-state index is 12.9. The van der Waals surface area contributed by atoms with E-state index in [9.17, 15) is 4.39 Å². The molecule has 0 aliphatic heterocycles. The van der Waals surface area contributed by atoms with E-state index in [2.05, 4.69) is 5.43 Å². The van der Waals surface area contributed by atoms with Gasteiger partial charge in [0.15, 0.2) is 0 Å². The van der Waals surface area contributed by atoms with Gasteiger partial charge in [0.2, 0.25) is 0 Å². The Labute approximate surface area is 89.4 Å². The minimum absolute atomic E-state index is 0.0921. The Bertz CT molecular complexity index is 317. The quantitative estimate of drug-likeness (QED) is 0.576. The molecule has 1 unspecified atom stereocenters. The number of nitrogens with one attached hydrogen (secondary N) is 1. The van der Waals surface area contributed by atoms with E-state index in [0.29, 0.717) is 13.2 Å². The third-order valence-corrected chi connectivity index (χ3v) is 2.30. The van der Waals surface area contributed by atoms with Crippen molar-refractivity contribution in [3.63, 3.8) is 0 Å². The zero-order valence-electron chi connectivity index (χ0n) is 9.09. The Morgan fingerprint density at radius 2 is 2.27 bits per heavy atom. The highest BCUT2D eigenvalue weighted by Gasteiger charge is 2.12. The molecule has 0 heterocycles. The molecular formula is C11H17FN2O. The molecule has 0 aliphatic carbocycles. The second kappa shape index (κ2) is 5.80. The van der Waals surface area contributed by atoms with Crippen LogP contribution >= 0.6 is 0 Å². The highest BCUT2D eigenvalue weighted by Crippen LogP contribution is 2.18. The normalized spacial score (nSPS) is 12.8. The van der Waals surface area contributed by atoms with E-state index < -0.39 is 0 Å². The Hall–Kier alpha value is -0.970. The Morgan fingerprint density at radius 3 is 2.80 bits per heavy atom. The summed E-state index contributed by atoms with van der Waals surface area (Å²) in [4.78, 5) is 0. The first-order valence-electron chi connectivity index (χ1n) is 4.99. The molecule has 1 rings (SSSR count). The fraction of sp³-hybridized carbons (Fsp3) is 0.455. The third-order valence-electron chi connectivity index (χ3n) is 2.30. The Balaban J connectivity index is 2.81. The van der Waals surface area contributed by atoms with Crippen molar-refractivity contribution in [1.82, 2.24) is 5.43 Å². The van der Waals surface area contributed by atoms with Gasteiger partial charge < -0.3 is 4.74 Å². The maximum Gasteiger partial charge on any atom is 0.123 e. The van der Waals surface area contributed by atoms with Crippen molar-refractivity contribution in [3.05, 3.63) is 35.1 Å². The topological polar surface area (TPSA) is 47.3 Å². The van der Waals surface area contributed by atoms with Gasteiger partial charge in [-0.1, -0.05) is 6.07 Å². The number of aryl methyl sites for hydroxylation is 1. The predicted molar refractivity (Wildman–Crippen MR) is 57.7 cm³/mol. The van der Waals surface area contributed by atoms with Gasteiger partial charge in [-0.25, -0.2) is 4.39 Å². The average Bonchev–Trinajstić information content (AvgIpc) is 2.21. The second-order valence-corrected chi connectivity index (χ2v) is 3.38. The first-order chi connectivity index (χ1) is 7.19. The van der Waals surface area contributed by atoms with Crippen LogP contribution in [0.2, 0.25) is 0 Å². The van der Waals surface area contributed by atoms with Crippen molar-refractivity contribution in [2.24, 2.45) is 5.84 Å². The minimum atomic E-state index is -0.233. The molecule has 0 bridgehead atoms. The molecule has 1 aromatic carbocycles. The first kappa shape index (κ1) is 12.1. The number of hydrazine groups is 1. The lowest BCUT2D eigenvalue weighted by Gasteiger charge is -2.18. The summed E-state index contributed by atoms with van der Waals surface area (Å²) in [6.07, 6.45) is 0. The largest absolute Gasteiger partial charge is 0.380 e. The van der Waals surface area contributed by atoms with Gasteiger partial charge in [-0.05, 0) is 37.1 Å². The fourth-order valence-electron chi connectivity index (χ4n) is 1.49. The van der Waals surface area contributed by atoms with Crippen LogP contribution in [0.25, 0.3) is 0 Å². The van der Waals surface area contributed by atoms with Crippen molar-refractivity contribution in [3.8, 4) is 0 Å². The standard InChI is InChI=1S/C11H17FN2O/c1-3-15-7-11(14-13)10-5-4-9(12)6-8(10)2/h4-6,11,14H,3,7,13H2,1-2H3. The monoisotopic (exact) mass is 212 g/mol. The SMILES string of the molecule is CCOCC(NN)c1ccc(F)cc1C. The Morgan fingerprint density at radius 1 is 1.53 bits per heavy atom. The van der Waals surface area contributed by atoms with Crippen molar-refractivity contribution < 1.29 is 9.13 Å². The lowest BCUT2D eigenvalue weighted by atomic mass is 10.0. The number of hydrogen-bond acceptors (Lipinski definition) is 3. The summed E-state index contributed by atoms with van der Waals surface area (Å²) in [5.74, 6) is 5.20. The molecule has 84 valence electrons. The molecule has 0 amide bonds. The molecule has 0 saturated heterocycles. The molecule has 3 N–H and O–H groups in total. The number of ether oxygens (including phenoxy) is 1. The molecule has 0 radical (unpaired) electrons. The highest BCUT2D eigenvalue weighted by molar-refractivity contribution is 5.29. The van der Waals surface area contributed by atoms with Crippen LogP contribution in [-0.4, -0.2) is 13.2 Å². The minimum Gasteiger partial charge on any atom is -0.380 e. The van der Waals surface area contributed by atoms with Crippen LogP contribution in [-0.2, 0) is 4.74 Å². The van der Waals surface area contributed by atoms with Crippen LogP contribution in [0, 0.1) is 12.7 Å². The number of benzene rings is 1. The molecule has 1 atom stereocenters. The summed E-state index contributed by atoms with van der Waals surface area (Å²) in [5.41, 5.74) is 4.50. The molecule has 3 nitrogen and oxygen atoms in total. The van der Waals surface area contributed by atoms with Crippen molar-refractivity contribution in [2.45, 2.75) is 19.9 Å². The van der Waals surface area contributed by atoms with Gasteiger partial charge in [0, 0.05) is 6.61 Å². The van der Waals surface area contributed by atoms with Gasteiger partial charge in [0.1, 0.15) is 5.82 Å². The highest BCUT2D eigenvalue weighted by atomic mass is 19.1. The maximum absolute atomic E-state index is 12.9. The molecule has 15 heavy (non-hydrogen) atoms. The molecule has 4 heteroatoms. The number of halogens is 1. The summed E-state index contributed by atoms with van der Waals surface area (Å²) >= 11 is 0. The molecule has 0 aromatic heterocycles. The van der Waals surface area contributed by atoms with Crippen LogP contribution < -0.4 is 11.3 Å². The molecule has 0 aliphatic rings. The van der Waals surface area contributed by atoms with Gasteiger partial charge in [-0.3, -0.25) is 11.3 Å². The molecule has 1 aromatic rings. The van der Waals surface area contributed by atoms with Crippen LogP contribution in [0.1, 0.15) is 24.1 Å². The lowest BCUT2D eigenvalue weighted by molar-refractivity contribution is 0.123. The Kier molecular flexibility index (Phi) is 4.68. The summed E-state index contributed by atoms with van der Waals surface area (Å²) < 4.78 is 18.2. The van der Waals surface area contributed by atoms with Crippen LogP contribution in [0.4, 0.5) is 4.39 Å². The second-order valence-electron chi connectivity index (χ2n) is 3.38. The van der Waals surface area contributed by atoms with E-state index in [0.717, 1.165) is 11.1 Å². The van der Waals surface area contributed by atoms with Crippen LogP contribution in [0.3, 0.4) is 0 Å². The van der Waals surface area contributed by atoms with Gasteiger partial charge in [0.25, 0.3) is 0 Å². The van der Waals surface area contributed by atoms with E-state index in [4.69, 9.17) is 10.6 Å². The van der Waals surface area contributed by atoms with Crippen molar-refractivity contribution in [1.29, 1.82) is 0 Å². The van der Waals surface area contributed by atoms with Crippen LogP contribution in [0.15, 0.2) is 18.2 Å². The van der Waals surface area contributed by atoms with E-state index in [1.807, 2.05) is 13.8 Å². The average molecular weight is 212 g/mol. The summed E-state index contributed by atoms with van der Waals surface area (Å²) in [7, 11) is 0. The number of rotatable bonds is 5. The van der Waals surface area contributed by atoms with E-state index in [1.165, 1.54) is 12.1 Å². The number of hydrogen-bond donors (Lipinski definition) is 2. The van der Waals surface area contributed by atoms with E-state index in [1.54, 1.807) is 6.07 Å². The fourth-order valence-corrected chi connectivity index (χ4v) is 1.49. The van der Waals surface area contributed by atoms with Crippen molar-refractivity contribution in [2.75, 3.05) is 13.2 Å². The van der Waals surface area contributed by atoms with E-state index in [-0.39, 0.29) is 11.9 Å². The summed E-state index contributed by atoms with van der Waals surface area (Å²) in [6.45, 7) is 4.90. The predicted octanol–water partition coefficient (Wildman–Crippen LogP) is 1.68. The number of nitrogens with two attached hydrogens (primary N) is 1. The van der Waals surface area contributed by atoms with Gasteiger partial charge in [0.05, 0.1) is 12.6 Å². The van der Waals surface area contributed by atoms with Crippen LogP contribution in [0.5, 0.6) is 0 Å². The van der Waals surface area contributed by atoms with Gasteiger partial charge >= 0.3 is 0 Å². The molecule has 0 saturated carbocycles. The van der Waals surface area contributed by atoms with Gasteiger partial charge in [-0.15, -0.1) is 0 Å². The third kappa shape index (κ3) is 3.27. The molecule has 0 fully saturated rings. The zero-order chi connectivity index (χ0) is 11.3.